The van der Waals surface area contributed by atoms with Crippen LogP contribution < -0.4 is 0 Å². The first-order chi connectivity index (χ1) is 13.7. The molecule has 3 rings (SSSR count). The molecule has 0 spiro atoms. The van der Waals surface area contributed by atoms with Gasteiger partial charge in [-0.05, 0) is 24.3 Å². The molecule has 158 valence electrons. The molecule has 1 aromatic carbocycles. The van der Waals surface area contributed by atoms with Crippen molar-refractivity contribution >= 4 is 29.1 Å². The number of amides is 2. The van der Waals surface area contributed by atoms with Crippen LogP contribution in [0, 0.1) is 22.0 Å². The van der Waals surface area contributed by atoms with E-state index in [0.29, 0.717) is 44.6 Å². The summed E-state index contributed by atoms with van der Waals surface area (Å²) in [6.07, 6.45) is 1.16. The molecule has 0 bridgehead atoms. The van der Waals surface area contributed by atoms with Gasteiger partial charge in [0, 0.05) is 51.4 Å². The second-order valence-electron chi connectivity index (χ2n) is 8.23. The molecule has 0 N–H and O–H groups in total. The van der Waals surface area contributed by atoms with Gasteiger partial charge in [-0.15, -0.1) is 0 Å². The van der Waals surface area contributed by atoms with E-state index in [1.54, 1.807) is 4.90 Å². The fourth-order valence-electron chi connectivity index (χ4n) is 4.23. The van der Waals surface area contributed by atoms with Gasteiger partial charge in [0.1, 0.15) is 0 Å². The van der Waals surface area contributed by atoms with Crippen molar-refractivity contribution in [1.82, 2.24) is 14.7 Å². The Labute approximate surface area is 175 Å². The van der Waals surface area contributed by atoms with Crippen LogP contribution >= 0.6 is 11.6 Å². The van der Waals surface area contributed by atoms with Crippen LogP contribution in [0.5, 0.6) is 0 Å². The van der Waals surface area contributed by atoms with Gasteiger partial charge in [0.05, 0.1) is 22.1 Å². The van der Waals surface area contributed by atoms with Crippen molar-refractivity contribution in [2.75, 3.05) is 45.8 Å². The van der Waals surface area contributed by atoms with Crippen molar-refractivity contribution in [3.8, 4) is 0 Å². The number of nitrogens with zero attached hydrogens (tertiary/aromatic N) is 4. The quantitative estimate of drug-likeness (QED) is 0.549. The van der Waals surface area contributed by atoms with E-state index in [1.807, 2.05) is 4.90 Å². The Balaban J connectivity index is 1.53. The number of carbonyl (C=O) groups is 2. The van der Waals surface area contributed by atoms with E-state index in [2.05, 4.69) is 18.7 Å². The highest BCUT2D eigenvalue weighted by atomic mass is 35.5. The van der Waals surface area contributed by atoms with Gasteiger partial charge in [-0.1, -0.05) is 25.4 Å². The molecule has 2 fully saturated rings. The highest BCUT2D eigenvalue weighted by Crippen LogP contribution is 2.24. The molecule has 0 radical (unpaired) electrons. The number of hydrogen-bond donors (Lipinski definition) is 0. The Bertz CT molecular complexity index is 785. The van der Waals surface area contributed by atoms with E-state index in [4.69, 9.17) is 11.6 Å². The smallest absolute Gasteiger partial charge is 0.270 e. The molecule has 2 amide bonds. The number of likely N-dealkylation sites (tertiary alicyclic amines) is 1. The first kappa shape index (κ1) is 21.5. The van der Waals surface area contributed by atoms with Gasteiger partial charge in [0.15, 0.2) is 0 Å². The Morgan fingerprint density at radius 2 is 1.72 bits per heavy atom. The van der Waals surface area contributed by atoms with Crippen molar-refractivity contribution in [3.63, 3.8) is 0 Å². The largest absolute Gasteiger partial charge is 0.341 e. The normalized spacial score (nSPS) is 23.1. The lowest BCUT2D eigenvalue weighted by atomic mass is 9.92. The van der Waals surface area contributed by atoms with Crippen LogP contribution in [-0.4, -0.2) is 77.3 Å². The fourth-order valence-corrected chi connectivity index (χ4v) is 4.48. The summed E-state index contributed by atoms with van der Waals surface area (Å²) in [6.45, 7) is 8.59. The number of hydrogen-bond acceptors (Lipinski definition) is 5. The highest BCUT2D eigenvalue weighted by molar-refractivity contribution is 6.34. The molecular formula is C20H27ClN4O4. The molecule has 0 unspecified atom stereocenters. The lowest BCUT2D eigenvalue weighted by Crippen LogP contribution is -2.53. The van der Waals surface area contributed by atoms with Crippen molar-refractivity contribution in [3.05, 3.63) is 38.9 Å². The molecule has 1 aromatic rings. The topological polar surface area (TPSA) is 87.0 Å². The summed E-state index contributed by atoms with van der Waals surface area (Å²) in [7, 11) is 0. The van der Waals surface area contributed by atoms with Crippen LogP contribution in [0.25, 0.3) is 0 Å². The molecule has 2 aliphatic rings. The average Bonchev–Trinajstić information content (AvgIpc) is 2.67. The Morgan fingerprint density at radius 1 is 1.10 bits per heavy atom. The summed E-state index contributed by atoms with van der Waals surface area (Å²) >= 11 is 6.08. The van der Waals surface area contributed by atoms with E-state index in [1.165, 1.54) is 18.2 Å². The van der Waals surface area contributed by atoms with Crippen LogP contribution in [0.2, 0.25) is 5.02 Å². The van der Waals surface area contributed by atoms with Gasteiger partial charge in [-0.2, -0.15) is 0 Å². The van der Waals surface area contributed by atoms with Gasteiger partial charge in [-0.3, -0.25) is 24.6 Å². The molecule has 0 saturated carbocycles. The zero-order valence-corrected chi connectivity index (χ0v) is 17.6. The monoisotopic (exact) mass is 422 g/mol. The van der Waals surface area contributed by atoms with Gasteiger partial charge in [0.25, 0.3) is 11.6 Å². The third-order valence-corrected chi connectivity index (χ3v) is 5.95. The number of piperidine rings is 1. The zero-order valence-electron chi connectivity index (χ0n) is 16.8. The summed E-state index contributed by atoms with van der Waals surface area (Å²) in [6, 6.07) is 3.89. The van der Waals surface area contributed by atoms with Crippen LogP contribution in [0.4, 0.5) is 5.69 Å². The van der Waals surface area contributed by atoms with Crippen LogP contribution in [0.1, 0.15) is 30.6 Å². The molecule has 0 aliphatic carbocycles. The fraction of sp³-hybridized carbons (Fsp3) is 0.600. The Morgan fingerprint density at radius 3 is 2.28 bits per heavy atom. The highest BCUT2D eigenvalue weighted by Gasteiger charge is 2.29. The molecule has 9 heteroatoms. The standard InChI is InChI=1S/C20H27ClN4O4/c1-14-9-15(2)12-24(11-14)19(26)13-22-5-7-23(8-6-22)20(27)17-4-3-16(25(28)29)10-18(17)21/h3-4,10,14-15H,5-9,11-13H2,1-2H3/t14-,15-/m0/s1. The molecule has 2 heterocycles. The summed E-state index contributed by atoms with van der Waals surface area (Å²) in [5.74, 6) is 0.975. The van der Waals surface area contributed by atoms with Crippen LogP contribution in [0.3, 0.4) is 0 Å². The van der Waals surface area contributed by atoms with Crippen LogP contribution in [0.15, 0.2) is 18.2 Å². The minimum absolute atomic E-state index is 0.0788. The predicted octanol–water partition coefficient (Wildman–Crippen LogP) is 2.51. The SMILES string of the molecule is C[C@H]1C[C@H](C)CN(C(=O)CN2CCN(C(=O)c3ccc([N+](=O)[O-])cc3Cl)CC2)C1. The molecule has 2 aliphatic heterocycles. The van der Waals surface area contributed by atoms with Gasteiger partial charge >= 0.3 is 0 Å². The third kappa shape index (κ3) is 5.25. The third-order valence-electron chi connectivity index (χ3n) is 5.63. The van der Waals surface area contributed by atoms with E-state index >= 15 is 0 Å². The number of piperazine rings is 1. The number of nitro benzene ring substituents is 1. The number of halogens is 1. The molecule has 2 saturated heterocycles. The maximum absolute atomic E-state index is 12.7. The minimum atomic E-state index is -0.542. The van der Waals surface area contributed by atoms with Crippen molar-refractivity contribution in [1.29, 1.82) is 0 Å². The van der Waals surface area contributed by atoms with Gasteiger partial charge in [-0.25, -0.2) is 0 Å². The van der Waals surface area contributed by atoms with Crippen molar-refractivity contribution in [2.45, 2.75) is 20.3 Å². The Hall–Kier alpha value is -2.19. The number of non-ortho nitro benzene ring substituents is 1. The maximum Gasteiger partial charge on any atom is 0.270 e. The second kappa shape index (κ2) is 9.09. The zero-order chi connectivity index (χ0) is 21.1. The van der Waals surface area contributed by atoms with E-state index < -0.39 is 4.92 Å². The van der Waals surface area contributed by atoms with Gasteiger partial charge < -0.3 is 9.80 Å². The summed E-state index contributed by atoms with van der Waals surface area (Å²) in [5, 5.41) is 10.9. The lowest BCUT2D eigenvalue weighted by molar-refractivity contribution is -0.384. The first-order valence-corrected chi connectivity index (χ1v) is 10.4. The van der Waals surface area contributed by atoms with E-state index in [-0.39, 0.29) is 28.1 Å². The lowest BCUT2D eigenvalue weighted by Gasteiger charge is -2.38. The first-order valence-electron chi connectivity index (χ1n) is 9.98. The van der Waals surface area contributed by atoms with Crippen molar-refractivity contribution in [2.24, 2.45) is 11.8 Å². The number of rotatable bonds is 4. The molecule has 29 heavy (non-hydrogen) atoms. The predicted molar refractivity (Wildman–Crippen MR) is 110 cm³/mol. The summed E-state index contributed by atoms with van der Waals surface area (Å²) in [5.41, 5.74) is 0.120. The summed E-state index contributed by atoms with van der Waals surface area (Å²) < 4.78 is 0. The summed E-state index contributed by atoms with van der Waals surface area (Å²) in [4.78, 5) is 41.4. The molecular weight excluding hydrogens is 396 g/mol. The van der Waals surface area contributed by atoms with Crippen LogP contribution in [-0.2, 0) is 4.79 Å². The average molecular weight is 423 g/mol. The van der Waals surface area contributed by atoms with E-state index in [9.17, 15) is 19.7 Å². The minimum Gasteiger partial charge on any atom is -0.341 e. The number of nitro groups is 1. The van der Waals surface area contributed by atoms with E-state index in [0.717, 1.165) is 19.5 Å². The molecule has 8 nitrogen and oxygen atoms in total. The maximum atomic E-state index is 12.7. The second-order valence-corrected chi connectivity index (χ2v) is 8.64. The number of benzene rings is 1. The molecule has 2 atom stereocenters. The van der Waals surface area contributed by atoms with Crippen molar-refractivity contribution < 1.29 is 14.5 Å². The van der Waals surface area contributed by atoms with Gasteiger partial charge in [0.2, 0.25) is 5.91 Å². The molecule has 0 aromatic heterocycles. The Kier molecular flexibility index (Phi) is 6.74. The number of carbonyl (C=O) groups excluding carboxylic acids is 2.